The molecule has 0 aromatic heterocycles. The number of fused-ring (bicyclic) bond motifs is 2. The molecule has 0 aliphatic carbocycles. The van der Waals surface area contributed by atoms with Crippen LogP contribution in [0.3, 0.4) is 0 Å². The van der Waals surface area contributed by atoms with Crippen molar-refractivity contribution in [2.45, 2.75) is 48.5 Å². The van der Waals surface area contributed by atoms with Gasteiger partial charge in [-0.05, 0) is 49.4 Å². The SMILES string of the molecule is O=C(NC1CCOCC1)N1CCC2(CC1)CN(S(=O)(=O)c1ccc(C(F)F)cc1)c1ccccc12. The van der Waals surface area contributed by atoms with Gasteiger partial charge in [0.15, 0.2) is 0 Å². The van der Waals surface area contributed by atoms with Crippen LogP contribution >= 0.6 is 0 Å². The molecule has 2 fully saturated rings. The second kappa shape index (κ2) is 9.39. The first kappa shape index (κ1) is 24.0. The Hall–Kier alpha value is -2.72. The number of carbonyl (C=O) groups excluding carboxylic acids is 1. The average molecular weight is 506 g/mol. The van der Waals surface area contributed by atoms with Crippen molar-refractivity contribution in [2.24, 2.45) is 0 Å². The molecule has 2 amide bonds. The quantitative estimate of drug-likeness (QED) is 0.680. The minimum absolute atomic E-state index is 0.0120. The van der Waals surface area contributed by atoms with Crippen molar-refractivity contribution in [3.63, 3.8) is 0 Å². The molecule has 0 radical (unpaired) electrons. The fraction of sp³-hybridized carbons (Fsp3) is 0.480. The van der Waals surface area contributed by atoms with Crippen molar-refractivity contribution < 1.29 is 26.7 Å². The van der Waals surface area contributed by atoms with E-state index in [1.165, 1.54) is 16.4 Å². The Morgan fingerprint density at radius 3 is 2.34 bits per heavy atom. The molecule has 0 unspecified atom stereocenters. The van der Waals surface area contributed by atoms with Gasteiger partial charge in [-0.3, -0.25) is 4.31 Å². The number of nitrogens with zero attached hydrogens (tertiary/aromatic N) is 2. The first-order chi connectivity index (χ1) is 16.8. The van der Waals surface area contributed by atoms with Crippen LogP contribution in [0.25, 0.3) is 0 Å². The monoisotopic (exact) mass is 505 g/mol. The van der Waals surface area contributed by atoms with Crippen LogP contribution < -0.4 is 9.62 Å². The topological polar surface area (TPSA) is 79.0 Å². The van der Waals surface area contributed by atoms with Crippen LogP contribution in [0.15, 0.2) is 53.4 Å². The predicted octanol–water partition coefficient (Wildman–Crippen LogP) is 4.06. The molecule has 7 nitrogen and oxygen atoms in total. The molecule has 2 aromatic carbocycles. The number of anilines is 1. The average Bonchev–Trinajstić information content (AvgIpc) is 3.20. The third-order valence-electron chi connectivity index (χ3n) is 7.47. The van der Waals surface area contributed by atoms with Crippen LogP contribution in [0.4, 0.5) is 19.3 Å². The first-order valence-electron chi connectivity index (χ1n) is 11.9. The van der Waals surface area contributed by atoms with Gasteiger partial charge in [0.2, 0.25) is 0 Å². The highest BCUT2D eigenvalue weighted by Crippen LogP contribution is 2.48. The fourth-order valence-corrected chi connectivity index (χ4v) is 6.95. The summed E-state index contributed by atoms with van der Waals surface area (Å²) in [6.45, 7) is 2.63. The molecule has 2 saturated heterocycles. The molecule has 0 saturated carbocycles. The molecule has 1 N–H and O–H groups in total. The number of alkyl halides is 2. The van der Waals surface area contributed by atoms with Crippen LogP contribution in [0.1, 0.15) is 43.2 Å². The van der Waals surface area contributed by atoms with E-state index < -0.39 is 21.9 Å². The van der Waals surface area contributed by atoms with Gasteiger partial charge in [0.25, 0.3) is 16.4 Å². The third-order valence-corrected chi connectivity index (χ3v) is 9.24. The largest absolute Gasteiger partial charge is 0.381 e. The van der Waals surface area contributed by atoms with Gasteiger partial charge in [-0.1, -0.05) is 30.3 Å². The highest BCUT2D eigenvalue weighted by atomic mass is 32.2. The van der Waals surface area contributed by atoms with Crippen molar-refractivity contribution >= 4 is 21.7 Å². The Bertz CT molecular complexity index is 1180. The number of halogens is 2. The van der Waals surface area contributed by atoms with E-state index in [1.54, 1.807) is 12.1 Å². The molecule has 10 heteroatoms. The Morgan fingerprint density at radius 2 is 1.69 bits per heavy atom. The molecule has 35 heavy (non-hydrogen) atoms. The zero-order valence-corrected chi connectivity index (χ0v) is 20.1. The molecular weight excluding hydrogens is 476 g/mol. The number of ether oxygens (including phenoxy) is 1. The predicted molar refractivity (Wildman–Crippen MR) is 127 cm³/mol. The summed E-state index contributed by atoms with van der Waals surface area (Å²) in [5, 5.41) is 3.10. The lowest BCUT2D eigenvalue weighted by atomic mass is 9.74. The zero-order valence-electron chi connectivity index (χ0n) is 19.3. The zero-order chi connectivity index (χ0) is 24.6. The van der Waals surface area contributed by atoms with Gasteiger partial charge in [-0.25, -0.2) is 22.0 Å². The van der Waals surface area contributed by atoms with Gasteiger partial charge in [0, 0.05) is 49.9 Å². The summed E-state index contributed by atoms with van der Waals surface area (Å²) < 4.78 is 59.8. The van der Waals surface area contributed by atoms with Gasteiger partial charge in [0.1, 0.15) is 0 Å². The van der Waals surface area contributed by atoms with E-state index in [1.807, 2.05) is 17.0 Å². The molecule has 0 atom stereocenters. The molecule has 3 aliphatic heterocycles. The van der Waals surface area contributed by atoms with Gasteiger partial charge >= 0.3 is 6.03 Å². The minimum Gasteiger partial charge on any atom is -0.381 e. The second-order valence-corrected chi connectivity index (χ2v) is 11.4. The van der Waals surface area contributed by atoms with Crippen molar-refractivity contribution in [1.29, 1.82) is 0 Å². The summed E-state index contributed by atoms with van der Waals surface area (Å²) >= 11 is 0. The molecule has 5 rings (SSSR count). The fourth-order valence-electron chi connectivity index (χ4n) is 5.38. The lowest BCUT2D eigenvalue weighted by molar-refractivity contribution is 0.0768. The summed E-state index contributed by atoms with van der Waals surface area (Å²) in [5.74, 6) is 0. The number of rotatable bonds is 4. The van der Waals surface area contributed by atoms with Gasteiger partial charge in [0.05, 0.1) is 10.6 Å². The van der Waals surface area contributed by atoms with E-state index in [4.69, 9.17) is 4.74 Å². The maximum atomic E-state index is 13.6. The van der Waals surface area contributed by atoms with Crippen molar-refractivity contribution in [2.75, 3.05) is 37.2 Å². The number of benzene rings is 2. The minimum atomic E-state index is -3.94. The van der Waals surface area contributed by atoms with Gasteiger partial charge in [-0.2, -0.15) is 0 Å². The Balaban J connectivity index is 1.34. The lowest BCUT2D eigenvalue weighted by Gasteiger charge is -2.40. The summed E-state index contributed by atoms with van der Waals surface area (Å²) in [5.41, 5.74) is 0.957. The van der Waals surface area contributed by atoms with Gasteiger partial charge < -0.3 is 15.0 Å². The number of piperidine rings is 1. The van der Waals surface area contributed by atoms with E-state index in [0.717, 1.165) is 30.5 Å². The Labute approximate surface area is 204 Å². The summed E-state index contributed by atoms with van der Waals surface area (Å²) in [6.07, 6.45) is 0.240. The van der Waals surface area contributed by atoms with E-state index in [9.17, 15) is 22.0 Å². The summed E-state index contributed by atoms with van der Waals surface area (Å²) in [4.78, 5) is 14.6. The van der Waals surface area contributed by atoms with E-state index in [-0.39, 0.29) is 29.1 Å². The van der Waals surface area contributed by atoms with Crippen LogP contribution in [0, 0.1) is 0 Å². The molecule has 1 spiro atoms. The van der Waals surface area contributed by atoms with E-state index >= 15 is 0 Å². The van der Waals surface area contributed by atoms with Crippen LogP contribution in [-0.4, -0.2) is 58.2 Å². The van der Waals surface area contributed by atoms with Crippen LogP contribution in [0.2, 0.25) is 0 Å². The van der Waals surface area contributed by atoms with Gasteiger partial charge in [-0.15, -0.1) is 0 Å². The summed E-state index contributed by atoms with van der Waals surface area (Å²) in [6, 6.07) is 12.3. The van der Waals surface area contributed by atoms with Crippen LogP contribution in [-0.2, 0) is 20.2 Å². The number of nitrogens with one attached hydrogen (secondary N) is 1. The smallest absolute Gasteiger partial charge is 0.317 e. The Kier molecular flexibility index (Phi) is 6.43. The summed E-state index contributed by atoms with van der Waals surface area (Å²) in [7, 11) is -3.94. The normalized spacial score (nSPS) is 20.3. The van der Waals surface area contributed by atoms with Crippen molar-refractivity contribution in [1.82, 2.24) is 10.2 Å². The highest BCUT2D eigenvalue weighted by molar-refractivity contribution is 7.92. The number of hydrogen-bond acceptors (Lipinski definition) is 4. The number of likely N-dealkylation sites (tertiary alicyclic amines) is 1. The molecule has 188 valence electrons. The molecule has 2 aromatic rings. The molecule has 3 heterocycles. The number of hydrogen-bond donors (Lipinski definition) is 1. The number of sulfonamides is 1. The van der Waals surface area contributed by atoms with Crippen molar-refractivity contribution in [3.05, 3.63) is 59.7 Å². The number of para-hydroxylation sites is 1. The maximum Gasteiger partial charge on any atom is 0.317 e. The molecule has 0 bridgehead atoms. The Morgan fingerprint density at radius 1 is 1.03 bits per heavy atom. The maximum absolute atomic E-state index is 13.6. The number of urea groups is 1. The highest BCUT2D eigenvalue weighted by Gasteiger charge is 2.48. The second-order valence-electron chi connectivity index (χ2n) is 9.50. The van der Waals surface area contributed by atoms with E-state index in [2.05, 4.69) is 5.32 Å². The number of carbonyl (C=O) groups is 1. The first-order valence-corrected chi connectivity index (χ1v) is 13.4. The lowest BCUT2D eigenvalue weighted by Crippen LogP contribution is -2.52. The van der Waals surface area contributed by atoms with E-state index in [0.29, 0.717) is 44.8 Å². The molecule has 3 aliphatic rings. The standard InChI is InChI=1S/C25H29F2N3O4S/c26-23(27)18-5-7-20(8-6-18)35(32,33)30-17-25(21-3-1-2-4-22(21)30)11-13-29(14-12-25)24(31)28-19-9-15-34-16-10-19/h1-8,19,23H,9-17H2,(H,28,31). The van der Waals surface area contributed by atoms with Crippen LogP contribution in [0.5, 0.6) is 0 Å². The number of amides is 2. The van der Waals surface area contributed by atoms with Crippen molar-refractivity contribution in [3.8, 4) is 0 Å². The third kappa shape index (κ3) is 4.49. The molecular formula is C25H29F2N3O4S.